The van der Waals surface area contributed by atoms with E-state index in [-0.39, 0.29) is 11.9 Å². The van der Waals surface area contributed by atoms with Gasteiger partial charge >= 0.3 is 0 Å². The van der Waals surface area contributed by atoms with Crippen LogP contribution in [0.1, 0.15) is 65.6 Å². The van der Waals surface area contributed by atoms with Crippen molar-refractivity contribution in [2.75, 3.05) is 13.1 Å². The summed E-state index contributed by atoms with van der Waals surface area (Å²) in [4.78, 5) is 27.9. The summed E-state index contributed by atoms with van der Waals surface area (Å²) < 4.78 is 1.96. The van der Waals surface area contributed by atoms with Crippen molar-refractivity contribution < 1.29 is 4.79 Å². The van der Waals surface area contributed by atoms with E-state index in [1.807, 2.05) is 23.4 Å². The van der Waals surface area contributed by atoms with Gasteiger partial charge in [-0.25, -0.2) is 19.6 Å². The molecule has 0 N–H and O–H groups in total. The number of amides is 1. The van der Waals surface area contributed by atoms with Crippen LogP contribution in [0, 0.1) is 13.8 Å². The van der Waals surface area contributed by atoms with Crippen LogP contribution in [0.15, 0.2) is 12.3 Å². The zero-order valence-corrected chi connectivity index (χ0v) is 14.1. The molecule has 2 aromatic rings. The van der Waals surface area contributed by atoms with Gasteiger partial charge in [-0.1, -0.05) is 0 Å². The number of hydrogen-bond donors (Lipinski definition) is 0. The zero-order chi connectivity index (χ0) is 16.7. The topological polar surface area (TPSA) is 76.8 Å². The molecule has 4 rings (SSSR count). The highest BCUT2D eigenvalue weighted by Crippen LogP contribution is 2.37. The molecule has 24 heavy (non-hydrogen) atoms. The van der Waals surface area contributed by atoms with Crippen LogP contribution in [0.5, 0.6) is 0 Å². The van der Waals surface area contributed by atoms with E-state index in [9.17, 15) is 4.79 Å². The number of piperidine rings is 1. The van der Waals surface area contributed by atoms with Gasteiger partial charge < -0.3 is 4.90 Å². The molecule has 0 radical (unpaired) electrons. The van der Waals surface area contributed by atoms with Crippen LogP contribution in [0.4, 0.5) is 0 Å². The van der Waals surface area contributed by atoms with Crippen molar-refractivity contribution >= 4 is 5.91 Å². The fraction of sp³-hybridized carbons (Fsp3) is 0.588. The fourth-order valence-corrected chi connectivity index (χ4v) is 3.41. The summed E-state index contributed by atoms with van der Waals surface area (Å²) in [7, 11) is 0. The highest BCUT2D eigenvalue weighted by atomic mass is 16.2. The Bertz CT molecular complexity index is 766. The molecule has 126 valence electrons. The average Bonchev–Trinajstić information content (AvgIpc) is 3.39. The number of hydrogen-bond acceptors (Lipinski definition) is 5. The Hall–Kier alpha value is -2.31. The van der Waals surface area contributed by atoms with Gasteiger partial charge in [-0.2, -0.15) is 5.10 Å². The SMILES string of the molecule is Cc1nc(C)n([C@H]2CCCN(C(=O)c3ccnc(C4CC4)n3)C2)n1. The molecule has 0 bridgehead atoms. The van der Waals surface area contributed by atoms with Crippen molar-refractivity contribution in [2.24, 2.45) is 0 Å². The van der Waals surface area contributed by atoms with Crippen molar-refractivity contribution in [3.05, 3.63) is 35.4 Å². The number of rotatable bonds is 3. The van der Waals surface area contributed by atoms with Gasteiger partial charge in [0, 0.05) is 25.2 Å². The van der Waals surface area contributed by atoms with Crippen molar-refractivity contribution in [3.8, 4) is 0 Å². The predicted octanol–water partition coefficient (Wildman–Crippen LogP) is 2.04. The number of carbonyl (C=O) groups excluding carboxylic acids is 1. The highest BCUT2D eigenvalue weighted by molar-refractivity contribution is 5.92. The normalized spacial score (nSPS) is 21.1. The second-order valence-corrected chi connectivity index (χ2v) is 6.77. The van der Waals surface area contributed by atoms with E-state index in [2.05, 4.69) is 20.1 Å². The molecule has 3 heterocycles. The minimum absolute atomic E-state index is 0.00140. The smallest absolute Gasteiger partial charge is 0.272 e. The molecule has 2 fully saturated rings. The lowest BCUT2D eigenvalue weighted by molar-refractivity contribution is 0.0664. The maximum atomic E-state index is 12.9. The van der Waals surface area contributed by atoms with Crippen molar-refractivity contribution in [2.45, 2.75) is 51.5 Å². The van der Waals surface area contributed by atoms with Crippen LogP contribution >= 0.6 is 0 Å². The highest BCUT2D eigenvalue weighted by Gasteiger charge is 2.30. The summed E-state index contributed by atoms with van der Waals surface area (Å²) in [5.74, 6) is 2.95. The molecule has 1 saturated heterocycles. The Morgan fingerprint density at radius 1 is 1.21 bits per heavy atom. The van der Waals surface area contributed by atoms with Crippen molar-refractivity contribution in [3.63, 3.8) is 0 Å². The quantitative estimate of drug-likeness (QED) is 0.862. The number of aromatic nitrogens is 5. The molecule has 1 aliphatic heterocycles. The third-order valence-electron chi connectivity index (χ3n) is 4.77. The summed E-state index contributed by atoms with van der Waals surface area (Å²) in [6.45, 7) is 5.29. The van der Waals surface area contributed by atoms with Crippen LogP contribution < -0.4 is 0 Å². The second kappa shape index (κ2) is 5.96. The lowest BCUT2D eigenvalue weighted by Crippen LogP contribution is -2.41. The van der Waals surface area contributed by atoms with Gasteiger partial charge in [-0.05, 0) is 45.6 Å². The van der Waals surface area contributed by atoms with Gasteiger partial charge in [0.25, 0.3) is 5.91 Å². The molecule has 1 aliphatic carbocycles. The zero-order valence-electron chi connectivity index (χ0n) is 14.1. The van der Waals surface area contributed by atoms with Crippen molar-refractivity contribution in [1.82, 2.24) is 29.6 Å². The number of likely N-dealkylation sites (tertiary alicyclic amines) is 1. The molecule has 0 aromatic carbocycles. The Kier molecular flexibility index (Phi) is 3.78. The number of carbonyl (C=O) groups is 1. The summed E-state index contributed by atoms with van der Waals surface area (Å²) in [5.41, 5.74) is 0.513. The molecule has 0 unspecified atom stereocenters. The summed E-state index contributed by atoms with van der Waals surface area (Å²) in [6.07, 6.45) is 5.96. The standard InChI is InChI=1S/C17H22N6O/c1-11-19-12(2)23(21-11)14-4-3-9-22(10-14)17(24)15-7-8-18-16(20-15)13-5-6-13/h7-8,13-14H,3-6,9-10H2,1-2H3/t14-/m0/s1. The first kappa shape index (κ1) is 15.2. The lowest BCUT2D eigenvalue weighted by Gasteiger charge is -2.33. The van der Waals surface area contributed by atoms with E-state index < -0.39 is 0 Å². The van der Waals surface area contributed by atoms with E-state index >= 15 is 0 Å². The van der Waals surface area contributed by atoms with Gasteiger partial charge in [0.2, 0.25) is 0 Å². The van der Waals surface area contributed by atoms with Gasteiger partial charge in [0.05, 0.1) is 6.04 Å². The van der Waals surface area contributed by atoms with Crippen molar-refractivity contribution in [1.29, 1.82) is 0 Å². The first-order chi connectivity index (χ1) is 11.6. The van der Waals surface area contributed by atoms with Gasteiger partial charge in [-0.15, -0.1) is 0 Å². The van der Waals surface area contributed by atoms with Crippen LogP contribution in [0.3, 0.4) is 0 Å². The molecule has 0 spiro atoms. The third-order valence-corrected chi connectivity index (χ3v) is 4.77. The fourth-order valence-electron chi connectivity index (χ4n) is 3.41. The monoisotopic (exact) mass is 326 g/mol. The first-order valence-electron chi connectivity index (χ1n) is 8.64. The molecular weight excluding hydrogens is 304 g/mol. The minimum Gasteiger partial charge on any atom is -0.335 e. The Labute approximate surface area is 141 Å². The maximum absolute atomic E-state index is 12.9. The summed E-state index contributed by atoms with van der Waals surface area (Å²) in [6, 6.07) is 1.91. The largest absolute Gasteiger partial charge is 0.335 e. The molecule has 1 atom stereocenters. The maximum Gasteiger partial charge on any atom is 0.272 e. The number of aryl methyl sites for hydroxylation is 2. The first-order valence-corrected chi connectivity index (χ1v) is 8.64. The van der Waals surface area contributed by atoms with Gasteiger partial charge in [0.15, 0.2) is 0 Å². The van der Waals surface area contributed by atoms with E-state index in [0.29, 0.717) is 18.2 Å². The molecule has 1 saturated carbocycles. The lowest BCUT2D eigenvalue weighted by atomic mass is 10.1. The second-order valence-electron chi connectivity index (χ2n) is 6.77. The van der Waals surface area contributed by atoms with E-state index in [4.69, 9.17) is 0 Å². The van der Waals surface area contributed by atoms with Crippen LogP contribution in [-0.2, 0) is 0 Å². The summed E-state index contributed by atoms with van der Waals surface area (Å²) >= 11 is 0. The summed E-state index contributed by atoms with van der Waals surface area (Å²) in [5, 5.41) is 4.49. The van der Waals surface area contributed by atoms with E-state index in [1.54, 1.807) is 12.3 Å². The molecule has 7 heteroatoms. The van der Waals surface area contributed by atoms with Gasteiger partial charge in [0.1, 0.15) is 23.2 Å². The van der Waals surface area contributed by atoms with Gasteiger partial charge in [-0.3, -0.25) is 4.79 Å². The Morgan fingerprint density at radius 3 is 2.75 bits per heavy atom. The number of nitrogens with zero attached hydrogens (tertiary/aromatic N) is 6. The Balaban J connectivity index is 1.52. The molecule has 2 aliphatic rings. The average molecular weight is 326 g/mol. The third kappa shape index (κ3) is 2.90. The van der Waals surface area contributed by atoms with Crippen LogP contribution in [0.2, 0.25) is 0 Å². The molecular formula is C17H22N6O. The van der Waals surface area contributed by atoms with E-state index in [1.165, 1.54) is 0 Å². The molecule has 2 aromatic heterocycles. The Morgan fingerprint density at radius 2 is 2.04 bits per heavy atom. The minimum atomic E-state index is -0.00140. The van der Waals surface area contributed by atoms with E-state index in [0.717, 1.165) is 49.7 Å². The predicted molar refractivity (Wildman–Crippen MR) is 87.7 cm³/mol. The van der Waals surface area contributed by atoms with Crippen LogP contribution in [-0.4, -0.2) is 48.6 Å². The molecule has 7 nitrogen and oxygen atoms in total. The molecule has 1 amide bonds. The van der Waals surface area contributed by atoms with Crippen LogP contribution in [0.25, 0.3) is 0 Å².